The van der Waals surface area contributed by atoms with Crippen LogP contribution in [0.4, 0.5) is 4.39 Å². The van der Waals surface area contributed by atoms with Gasteiger partial charge in [0.1, 0.15) is 6.26 Å². The van der Waals surface area contributed by atoms with Gasteiger partial charge in [0.15, 0.2) is 0 Å². The van der Waals surface area contributed by atoms with E-state index in [4.69, 9.17) is 0 Å². The molecule has 64 valence electrons. The highest BCUT2D eigenvalue weighted by Gasteiger charge is 2.08. The first-order valence-electron chi connectivity index (χ1n) is 3.36. The topological polar surface area (TPSA) is 35.5 Å². The summed E-state index contributed by atoms with van der Waals surface area (Å²) in [5.41, 5.74) is 0. The predicted octanol–water partition coefficient (Wildman–Crippen LogP) is 1.40. The van der Waals surface area contributed by atoms with Gasteiger partial charge >= 0.3 is 5.97 Å². The van der Waals surface area contributed by atoms with Crippen LogP contribution >= 0.6 is 0 Å². The Balaban J connectivity index is 3.80. The molecular formula is C7H11FO3. The van der Waals surface area contributed by atoms with Crippen LogP contribution in [-0.4, -0.2) is 19.2 Å². The summed E-state index contributed by atoms with van der Waals surface area (Å²) >= 11 is 0. The van der Waals surface area contributed by atoms with E-state index < -0.39 is 11.8 Å². The first-order chi connectivity index (χ1) is 5.22. The van der Waals surface area contributed by atoms with Crippen molar-refractivity contribution in [3.8, 4) is 0 Å². The summed E-state index contributed by atoms with van der Waals surface area (Å²) in [4.78, 5) is 10.5. The van der Waals surface area contributed by atoms with Gasteiger partial charge in [-0.2, -0.15) is 4.39 Å². The number of rotatable bonds is 4. The monoisotopic (exact) mass is 162 g/mol. The highest BCUT2D eigenvalue weighted by atomic mass is 19.1. The zero-order valence-electron chi connectivity index (χ0n) is 6.59. The Kier molecular flexibility index (Phi) is 5.15. The number of carbonyl (C=O) groups is 1. The summed E-state index contributed by atoms with van der Waals surface area (Å²) in [6.07, 6.45) is 0.748. The van der Waals surface area contributed by atoms with Crippen molar-refractivity contribution < 1.29 is 18.7 Å². The van der Waals surface area contributed by atoms with Crippen LogP contribution in [0.5, 0.6) is 0 Å². The maximum Gasteiger partial charge on any atom is 0.370 e. The molecule has 0 aromatic carbocycles. The average Bonchev–Trinajstić information content (AvgIpc) is 2.00. The molecule has 4 heteroatoms. The summed E-state index contributed by atoms with van der Waals surface area (Å²) in [5, 5.41) is 0. The molecule has 0 aromatic heterocycles. The van der Waals surface area contributed by atoms with Crippen LogP contribution in [0.2, 0.25) is 0 Å². The highest BCUT2D eigenvalue weighted by molar-refractivity contribution is 5.85. The number of hydrogen-bond acceptors (Lipinski definition) is 3. The molecule has 0 N–H and O–H groups in total. The second-order valence-electron chi connectivity index (χ2n) is 1.64. The van der Waals surface area contributed by atoms with E-state index in [1.54, 1.807) is 13.8 Å². The van der Waals surface area contributed by atoms with Crippen molar-refractivity contribution in [1.29, 1.82) is 0 Å². The fourth-order valence-electron chi connectivity index (χ4n) is 0.405. The Bertz CT molecular complexity index is 154. The normalized spacial score (nSPS) is 11.0. The van der Waals surface area contributed by atoms with Gasteiger partial charge in [-0.25, -0.2) is 4.79 Å². The molecule has 0 bridgehead atoms. The minimum absolute atomic E-state index is 0.159. The highest BCUT2D eigenvalue weighted by Crippen LogP contribution is 1.99. The van der Waals surface area contributed by atoms with E-state index in [2.05, 4.69) is 9.47 Å². The molecule has 0 aliphatic rings. The van der Waals surface area contributed by atoms with Crippen molar-refractivity contribution in [2.24, 2.45) is 0 Å². The van der Waals surface area contributed by atoms with Gasteiger partial charge in [0.25, 0.3) is 0 Å². The first kappa shape index (κ1) is 9.94. The van der Waals surface area contributed by atoms with Crippen LogP contribution < -0.4 is 0 Å². The fourth-order valence-corrected chi connectivity index (χ4v) is 0.405. The standard InChI is InChI=1S/C7H11FO3/c1-3-10-5-6(8)7(9)11-4-2/h5H,3-4H2,1-2H3/b6-5+. The van der Waals surface area contributed by atoms with Crippen molar-refractivity contribution in [3.05, 3.63) is 12.1 Å². The molecule has 0 unspecified atom stereocenters. The summed E-state index contributed by atoms with van der Waals surface area (Å²) in [7, 11) is 0. The molecule has 0 saturated heterocycles. The van der Waals surface area contributed by atoms with E-state index in [-0.39, 0.29) is 6.61 Å². The van der Waals surface area contributed by atoms with E-state index in [0.29, 0.717) is 6.61 Å². The molecule has 0 fully saturated rings. The van der Waals surface area contributed by atoms with E-state index in [1.165, 1.54) is 0 Å². The lowest BCUT2D eigenvalue weighted by molar-refractivity contribution is -0.140. The van der Waals surface area contributed by atoms with Gasteiger partial charge in [0.2, 0.25) is 5.83 Å². The van der Waals surface area contributed by atoms with Gasteiger partial charge in [-0.3, -0.25) is 0 Å². The molecule has 11 heavy (non-hydrogen) atoms. The van der Waals surface area contributed by atoms with Crippen LogP contribution in [0.15, 0.2) is 12.1 Å². The molecule has 0 aliphatic carbocycles. The maximum absolute atomic E-state index is 12.4. The second kappa shape index (κ2) is 5.70. The van der Waals surface area contributed by atoms with Crippen LogP contribution in [0.1, 0.15) is 13.8 Å². The fraction of sp³-hybridized carbons (Fsp3) is 0.571. The molecule has 0 aliphatic heterocycles. The zero-order chi connectivity index (χ0) is 8.69. The molecule has 0 spiro atoms. The SMILES string of the molecule is CCO/C=C(/F)C(=O)OCC. The van der Waals surface area contributed by atoms with E-state index in [9.17, 15) is 9.18 Å². The first-order valence-corrected chi connectivity index (χ1v) is 3.36. The van der Waals surface area contributed by atoms with Crippen LogP contribution in [0, 0.1) is 0 Å². The van der Waals surface area contributed by atoms with Crippen molar-refractivity contribution in [1.82, 2.24) is 0 Å². The smallest absolute Gasteiger partial charge is 0.370 e. The van der Waals surface area contributed by atoms with Crippen molar-refractivity contribution in [2.75, 3.05) is 13.2 Å². The number of carbonyl (C=O) groups excluding carboxylic acids is 1. The molecular weight excluding hydrogens is 151 g/mol. The molecule has 0 radical (unpaired) electrons. The molecule has 0 rings (SSSR count). The average molecular weight is 162 g/mol. The van der Waals surface area contributed by atoms with Crippen LogP contribution in [-0.2, 0) is 14.3 Å². The molecule has 3 nitrogen and oxygen atoms in total. The number of ether oxygens (including phenoxy) is 2. The maximum atomic E-state index is 12.4. The second-order valence-corrected chi connectivity index (χ2v) is 1.64. The lowest BCUT2D eigenvalue weighted by Gasteiger charge is -1.98. The van der Waals surface area contributed by atoms with E-state index in [0.717, 1.165) is 6.26 Å². The molecule has 0 aromatic rings. The van der Waals surface area contributed by atoms with Crippen LogP contribution in [0.25, 0.3) is 0 Å². The van der Waals surface area contributed by atoms with E-state index in [1.807, 2.05) is 0 Å². The lowest BCUT2D eigenvalue weighted by Crippen LogP contribution is -2.04. The van der Waals surface area contributed by atoms with Gasteiger partial charge in [-0.05, 0) is 13.8 Å². The number of hydrogen-bond donors (Lipinski definition) is 0. The zero-order valence-corrected chi connectivity index (χ0v) is 6.59. The predicted molar refractivity (Wildman–Crippen MR) is 37.5 cm³/mol. The molecule has 0 amide bonds. The van der Waals surface area contributed by atoms with Crippen molar-refractivity contribution in [3.63, 3.8) is 0 Å². The quantitative estimate of drug-likeness (QED) is 0.356. The van der Waals surface area contributed by atoms with Crippen molar-refractivity contribution >= 4 is 5.97 Å². The largest absolute Gasteiger partial charge is 0.498 e. The Morgan fingerprint density at radius 3 is 2.55 bits per heavy atom. The third-order valence-electron chi connectivity index (χ3n) is 0.824. The Morgan fingerprint density at radius 1 is 1.45 bits per heavy atom. The van der Waals surface area contributed by atoms with Gasteiger partial charge in [0.05, 0.1) is 13.2 Å². The number of halogens is 1. The lowest BCUT2D eigenvalue weighted by atomic mass is 10.6. The van der Waals surface area contributed by atoms with Crippen LogP contribution in [0.3, 0.4) is 0 Å². The third-order valence-corrected chi connectivity index (χ3v) is 0.824. The van der Waals surface area contributed by atoms with Gasteiger partial charge in [-0.15, -0.1) is 0 Å². The summed E-state index contributed by atoms with van der Waals surface area (Å²) < 4.78 is 21.3. The molecule has 0 saturated carbocycles. The number of esters is 1. The summed E-state index contributed by atoms with van der Waals surface area (Å²) in [5.74, 6) is -1.99. The Labute approximate surface area is 64.8 Å². The summed E-state index contributed by atoms with van der Waals surface area (Å²) in [6, 6.07) is 0. The Hall–Kier alpha value is -1.06. The van der Waals surface area contributed by atoms with Gasteiger partial charge < -0.3 is 9.47 Å². The third kappa shape index (κ3) is 4.36. The van der Waals surface area contributed by atoms with Crippen molar-refractivity contribution in [2.45, 2.75) is 13.8 Å². The van der Waals surface area contributed by atoms with E-state index >= 15 is 0 Å². The molecule has 0 heterocycles. The molecule has 0 atom stereocenters. The van der Waals surface area contributed by atoms with Gasteiger partial charge in [0, 0.05) is 0 Å². The minimum Gasteiger partial charge on any atom is -0.498 e. The summed E-state index contributed by atoms with van der Waals surface area (Å²) in [6.45, 7) is 3.78. The Morgan fingerprint density at radius 2 is 2.09 bits per heavy atom. The minimum atomic E-state index is -1.01. The van der Waals surface area contributed by atoms with Gasteiger partial charge in [-0.1, -0.05) is 0 Å².